The molecule has 5 nitrogen and oxygen atoms in total. The van der Waals surface area contributed by atoms with Crippen LogP contribution in [0.1, 0.15) is 27.2 Å². The van der Waals surface area contributed by atoms with Crippen molar-refractivity contribution in [3.05, 3.63) is 57.8 Å². The topological polar surface area (TPSA) is 75.6 Å². The molecule has 0 bridgehead atoms. The van der Waals surface area contributed by atoms with Crippen LogP contribution < -0.4 is 5.32 Å². The van der Waals surface area contributed by atoms with Gasteiger partial charge in [0, 0.05) is 23.9 Å². The number of carbonyl (C=O) groups is 2. The van der Waals surface area contributed by atoms with E-state index in [-0.39, 0.29) is 11.5 Å². The first-order chi connectivity index (χ1) is 11.1. The van der Waals surface area contributed by atoms with Crippen LogP contribution in [0.5, 0.6) is 0 Å². The normalized spacial score (nSPS) is 9.57. The Bertz CT molecular complexity index is 728. The Hall–Kier alpha value is -2.78. The Labute approximate surface area is 137 Å². The van der Waals surface area contributed by atoms with Crippen LogP contribution >= 0.6 is 11.3 Å². The number of ether oxygens (including phenoxy) is 1. The number of amides is 1. The molecule has 0 spiro atoms. The number of carboxylic acid groups (broad SMARTS) is 1. The van der Waals surface area contributed by atoms with Gasteiger partial charge in [0.2, 0.25) is 0 Å². The van der Waals surface area contributed by atoms with Gasteiger partial charge >= 0.3 is 12.1 Å². The maximum absolute atomic E-state index is 11.5. The van der Waals surface area contributed by atoms with Crippen molar-refractivity contribution in [2.75, 3.05) is 6.54 Å². The van der Waals surface area contributed by atoms with E-state index in [1.165, 1.54) is 6.07 Å². The molecular weight excluding hydrogens is 314 g/mol. The van der Waals surface area contributed by atoms with Crippen molar-refractivity contribution in [3.8, 4) is 11.8 Å². The fourth-order valence-electron chi connectivity index (χ4n) is 1.68. The Morgan fingerprint density at radius 3 is 2.74 bits per heavy atom. The van der Waals surface area contributed by atoms with Crippen LogP contribution in [-0.4, -0.2) is 23.7 Å². The summed E-state index contributed by atoms with van der Waals surface area (Å²) in [5.74, 6) is 4.78. The average molecular weight is 329 g/mol. The maximum atomic E-state index is 11.5. The Morgan fingerprint density at radius 2 is 2.04 bits per heavy atom. The summed E-state index contributed by atoms with van der Waals surface area (Å²) in [4.78, 5) is 22.5. The highest BCUT2D eigenvalue weighted by Gasteiger charge is 2.04. The number of benzene rings is 1. The van der Waals surface area contributed by atoms with Gasteiger partial charge < -0.3 is 15.2 Å². The second-order valence-corrected chi connectivity index (χ2v) is 5.46. The molecule has 2 N–H and O–H groups in total. The fourth-order valence-corrected chi connectivity index (χ4v) is 2.36. The van der Waals surface area contributed by atoms with Crippen LogP contribution in [0.15, 0.2) is 41.8 Å². The number of carbonyl (C=O) groups excluding carboxylic acids is 1. The predicted molar refractivity (Wildman–Crippen MR) is 87.4 cm³/mol. The molecule has 0 atom stereocenters. The fraction of sp³-hybridized carbons (Fsp3) is 0.176. The summed E-state index contributed by atoms with van der Waals surface area (Å²) in [6.07, 6.45) is -0.0297. The number of thiophene rings is 1. The van der Waals surface area contributed by atoms with Gasteiger partial charge in [-0.2, -0.15) is 0 Å². The Morgan fingerprint density at radius 1 is 1.26 bits per heavy atom. The van der Waals surface area contributed by atoms with Crippen molar-refractivity contribution in [3.63, 3.8) is 0 Å². The van der Waals surface area contributed by atoms with Gasteiger partial charge in [-0.3, -0.25) is 0 Å². The van der Waals surface area contributed by atoms with E-state index in [0.717, 1.165) is 16.9 Å². The van der Waals surface area contributed by atoms with Crippen molar-refractivity contribution in [2.45, 2.75) is 13.0 Å². The highest BCUT2D eigenvalue weighted by atomic mass is 32.1. The zero-order valence-corrected chi connectivity index (χ0v) is 13.1. The van der Waals surface area contributed by atoms with E-state index >= 15 is 0 Å². The molecule has 118 valence electrons. The standard InChI is InChI=1S/C17H15NO4S/c19-16(20)15-10-14(12-23-15)8-4-5-9-18-17(21)22-11-13-6-2-1-3-7-13/h1-3,6-7,10,12H,5,9,11H2,(H,18,21)(H,19,20). The minimum Gasteiger partial charge on any atom is -0.477 e. The summed E-state index contributed by atoms with van der Waals surface area (Å²) in [6, 6.07) is 10.9. The van der Waals surface area contributed by atoms with Gasteiger partial charge in [0.15, 0.2) is 0 Å². The van der Waals surface area contributed by atoms with Gasteiger partial charge in [0.05, 0.1) is 0 Å². The molecular formula is C17H15NO4S. The summed E-state index contributed by atoms with van der Waals surface area (Å²) in [7, 11) is 0. The van der Waals surface area contributed by atoms with Gasteiger partial charge in [-0.05, 0) is 11.6 Å². The Kier molecular flexibility index (Phi) is 6.21. The number of aromatic carboxylic acids is 1. The minimum absolute atomic E-state index is 0.227. The van der Waals surface area contributed by atoms with Gasteiger partial charge in [-0.1, -0.05) is 42.2 Å². The van der Waals surface area contributed by atoms with E-state index in [0.29, 0.717) is 18.5 Å². The Balaban J connectivity index is 1.66. The molecule has 2 aromatic rings. The number of rotatable bonds is 5. The van der Waals surface area contributed by atoms with Crippen LogP contribution in [-0.2, 0) is 11.3 Å². The third kappa shape index (κ3) is 5.85. The molecule has 1 aromatic heterocycles. The minimum atomic E-state index is -0.953. The molecule has 0 aliphatic carbocycles. The highest BCUT2D eigenvalue weighted by molar-refractivity contribution is 7.12. The van der Waals surface area contributed by atoms with Crippen molar-refractivity contribution in [2.24, 2.45) is 0 Å². The molecule has 0 unspecified atom stereocenters. The number of alkyl carbamates (subject to hydrolysis) is 1. The predicted octanol–water partition coefficient (Wildman–Crippen LogP) is 3.11. The highest BCUT2D eigenvalue weighted by Crippen LogP contribution is 2.13. The summed E-state index contributed by atoms with van der Waals surface area (Å²) in [5.41, 5.74) is 1.59. The first-order valence-corrected chi connectivity index (χ1v) is 7.78. The summed E-state index contributed by atoms with van der Waals surface area (Å²) < 4.78 is 5.06. The monoisotopic (exact) mass is 329 g/mol. The summed E-state index contributed by atoms with van der Waals surface area (Å²) in [6.45, 7) is 0.599. The van der Waals surface area contributed by atoms with Crippen molar-refractivity contribution < 1.29 is 19.4 Å². The molecule has 0 aliphatic rings. The molecule has 2 rings (SSSR count). The quantitative estimate of drug-likeness (QED) is 0.653. The number of hydrogen-bond donors (Lipinski definition) is 2. The van der Waals surface area contributed by atoms with Crippen molar-refractivity contribution in [1.29, 1.82) is 0 Å². The van der Waals surface area contributed by atoms with Crippen molar-refractivity contribution >= 4 is 23.4 Å². The molecule has 1 heterocycles. The second-order valence-electron chi connectivity index (χ2n) is 4.55. The summed E-state index contributed by atoms with van der Waals surface area (Å²) in [5, 5.41) is 13.1. The van der Waals surface area contributed by atoms with Crippen LogP contribution in [0.4, 0.5) is 4.79 Å². The summed E-state index contributed by atoms with van der Waals surface area (Å²) >= 11 is 1.14. The van der Waals surface area contributed by atoms with Crippen LogP contribution in [0.2, 0.25) is 0 Å². The van der Waals surface area contributed by atoms with E-state index in [4.69, 9.17) is 9.84 Å². The zero-order valence-electron chi connectivity index (χ0n) is 12.2. The second kappa shape index (κ2) is 8.61. The molecule has 1 amide bonds. The van der Waals surface area contributed by atoms with Crippen LogP contribution in [0.3, 0.4) is 0 Å². The first-order valence-electron chi connectivity index (χ1n) is 6.90. The molecule has 1 aromatic carbocycles. The smallest absolute Gasteiger partial charge is 0.407 e. The largest absolute Gasteiger partial charge is 0.477 e. The lowest BCUT2D eigenvalue weighted by atomic mass is 10.2. The molecule has 23 heavy (non-hydrogen) atoms. The average Bonchev–Trinajstić information content (AvgIpc) is 3.03. The molecule has 0 aliphatic heterocycles. The molecule has 0 saturated heterocycles. The van der Waals surface area contributed by atoms with Crippen LogP contribution in [0.25, 0.3) is 0 Å². The first kappa shape index (κ1) is 16.6. The lowest BCUT2D eigenvalue weighted by molar-refractivity contribution is 0.0702. The van der Waals surface area contributed by atoms with Gasteiger partial charge in [0.25, 0.3) is 0 Å². The molecule has 0 saturated carbocycles. The van der Waals surface area contributed by atoms with Gasteiger partial charge in [-0.25, -0.2) is 9.59 Å². The van der Waals surface area contributed by atoms with E-state index in [1.54, 1.807) is 5.38 Å². The van der Waals surface area contributed by atoms with Gasteiger partial charge in [-0.15, -0.1) is 11.3 Å². The zero-order chi connectivity index (χ0) is 16.5. The van der Waals surface area contributed by atoms with E-state index in [9.17, 15) is 9.59 Å². The van der Waals surface area contributed by atoms with Crippen molar-refractivity contribution in [1.82, 2.24) is 5.32 Å². The number of nitrogens with one attached hydrogen (secondary N) is 1. The lowest BCUT2D eigenvalue weighted by Crippen LogP contribution is -2.24. The number of hydrogen-bond acceptors (Lipinski definition) is 4. The van der Waals surface area contributed by atoms with Gasteiger partial charge in [0.1, 0.15) is 11.5 Å². The van der Waals surface area contributed by atoms with E-state index in [2.05, 4.69) is 17.2 Å². The number of carboxylic acids is 1. The SMILES string of the molecule is O=C(NCCC#Cc1csc(C(=O)O)c1)OCc1ccccc1. The molecule has 6 heteroatoms. The third-order valence-electron chi connectivity index (χ3n) is 2.78. The molecule has 0 radical (unpaired) electrons. The lowest BCUT2D eigenvalue weighted by Gasteiger charge is -2.05. The maximum Gasteiger partial charge on any atom is 0.407 e. The van der Waals surface area contributed by atoms with E-state index in [1.807, 2.05) is 30.3 Å². The van der Waals surface area contributed by atoms with E-state index < -0.39 is 12.1 Å². The van der Waals surface area contributed by atoms with Crippen LogP contribution in [0, 0.1) is 11.8 Å². The molecule has 0 fully saturated rings. The third-order valence-corrected chi connectivity index (χ3v) is 3.69.